The first-order valence-electron chi connectivity index (χ1n) is 11.4. The third-order valence-electron chi connectivity index (χ3n) is 4.88. The van der Waals surface area contributed by atoms with Crippen LogP contribution in [0.3, 0.4) is 0 Å². The van der Waals surface area contributed by atoms with Crippen molar-refractivity contribution in [3.05, 3.63) is 80.2 Å². The number of carbonyl (C=O) groups excluding carboxylic acids is 1. The van der Waals surface area contributed by atoms with E-state index < -0.39 is 16.0 Å². The van der Waals surface area contributed by atoms with E-state index in [0.29, 0.717) is 44.8 Å². The van der Waals surface area contributed by atoms with Gasteiger partial charge in [-0.3, -0.25) is 4.79 Å². The van der Waals surface area contributed by atoms with Crippen molar-refractivity contribution in [2.75, 3.05) is 13.2 Å². The molecule has 0 aliphatic heterocycles. The highest BCUT2D eigenvalue weighted by Crippen LogP contribution is 2.34. The Morgan fingerprint density at radius 2 is 1.73 bits per heavy atom. The van der Waals surface area contributed by atoms with Crippen molar-refractivity contribution in [2.24, 2.45) is 5.10 Å². The molecule has 1 N–H and O–H groups in total. The minimum Gasteiger partial charge on any atom is -0.490 e. The molecule has 0 aliphatic carbocycles. The zero-order chi connectivity index (χ0) is 27.0. The SMILES string of the molecule is CCCOc1ccc(C(=O)N/N=C/c2cc(Br)cc(Br)c2OS(=O)(=O)c2ccc(C)cc2)cc1OCC. The highest BCUT2D eigenvalue weighted by Gasteiger charge is 2.21. The molecule has 3 aromatic carbocycles. The molecule has 0 atom stereocenters. The first kappa shape index (κ1) is 28.7. The molecule has 0 saturated heterocycles. The highest BCUT2D eigenvalue weighted by atomic mass is 79.9. The third kappa shape index (κ3) is 7.80. The number of hydrogen-bond acceptors (Lipinski definition) is 7. The first-order chi connectivity index (χ1) is 17.6. The van der Waals surface area contributed by atoms with Crippen LogP contribution in [0.2, 0.25) is 0 Å². The molecule has 0 heterocycles. The fourth-order valence-electron chi connectivity index (χ4n) is 3.10. The van der Waals surface area contributed by atoms with Crippen molar-refractivity contribution >= 4 is 54.1 Å². The normalized spacial score (nSPS) is 11.4. The Balaban J connectivity index is 1.82. The molecule has 0 aromatic heterocycles. The summed E-state index contributed by atoms with van der Waals surface area (Å²) < 4.78 is 43.5. The maximum Gasteiger partial charge on any atom is 0.339 e. The maximum atomic E-state index is 12.9. The number of nitrogens with one attached hydrogen (secondary N) is 1. The Bertz CT molecular complexity index is 1390. The van der Waals surface area contributed by atoms with Gasteiger partial charge in [0.05, 0.1) is 23.9 Å². The second-order valence-corrected chi connectivity index (χ2v) is 11.1. The number of nitrogens with zero attached hydrogens (tertiary/aromatic N) is 1. The van der Waals surface area contributed by atoms with E-state index in [9.17, 15) is 13.2 Å². The Morgan fingerprint density at radius 1 is 1.00 bits per heavy atom. The van der Waals surface area contributed by atoms with Crippen LogP contribution in [0.15, 0.2) is 73.5 Å². The van der Waals surface area contributed by atoms with E-state index in [2.05, 4.69) is 42.4 Å². The van der Waals surface area contributed by atoms with Crippen LogP contribution in [0.5, 0.6) is 17.2 Å². The van der Waals surface area contributed by atoms with Crippen LogP contribution in [-0.2, 0) is 10.1 Å². The first-order valence-corrected chi connectivity index (χ1v) is 14.4. The van der Waals surface area contributed by atoms with E-state index in [0.717, 1.165) is 12.0 Å². The molecule has 0 saturated carbocycles. The van der Waals surface area contributed by atoms with Crippen LogP contribution in [-0.4, -0.2) is 33.8 Å². The lowest BCUT2D eigenvalue weighted by molar-refractivity contribution is 0.0954. The van der Waals surface area contributed by atoms with E-state index in [1.54, 1.807) is 42.5 Å². The quantitative estimate of drug-likeness (QED) is 0.149. The minimum atomic E-state index is -4.11. The molecule has 0 aliphatic rings. The molecule has 8 nitrogen and oxygen atoms in total. The number of rotatable bonds is 11. The highest BCUT2D eigenvalue weighted by molar-refractivity contribution is 9.11. The molecule has 0 unspecified atom stereocenters. The van der Waals surface area contributed by atoms with Gasteiger partial charge in [0, 0.05) is 15.6 Å². The Hall–Kier alpha value is -2.89. The van der Waals surface area contributed by atoms with Crippen molar-refractivity contribution in [3.63, 3.8) is 0 Å². The van der Waals surface area contributed by atoms with Gasteiger partial charge in [0.2, 0.25) is 0 Å². The van der Waals surface area contributed by atoms with Crippen LogP contribution < -0.4 is 19.1 Å². The second-order valence-electron chi connectivity index (χ2n) is 7.80. The van der Waals surface area contributed by atoms with Crippen molar-refractivity contribution < 1.29 is 26.9 Å². The molecule has 37 heavy (non-hydrogen) atoms. The van der Waals surface area contributed by atoms with Crippen LogP contribution >= 0.6 is 31.9 Å². The van der Waals surface area contributed by atoms with Crippen molar-refractivity contribution in [1.82, 2.24) is 5.43 Å². The summed E-state index contributed by atoms with van der Waals surface area (Å²) in [5.41, 5.74) is 4.00. The molecule has 3 rings (SSSR count). The Kier molecular flexibility index (Phi) is 10.1. The Morgan fingerprint density at radius 3 is 2.41 bits per heavy atom. The lowest BCUT2D eigenvalue weighted by Gasteiger charge is -2.13. The summed E-state index contributed by atoms with van der Waals surface area (Å²) in [6, 6.07) is 14.4. The average Bonchev–Trinajstić information content (AvgIpc) is 2.85. The standard InChI is InChI=1S/C26H26Br2N2O6S/c1-4-12-35-23-11-8-18(14-24(23)34-5-2)26(31)30-29-16-19-13-20(27)15-22(28)25(19)36-37(32,33)21-9-6-17(3)7-10-21/h6-11,13-16H,4-5,12H2,1-3H3,(H,30,31)/b29-16+. The molecule has 0 spiro atoms. The van der Waals surface area contributed by atoms with E-state index in [1.807, 2.05) is 20.8 Å². The molecule has 0 fully saturated rings. The summed E-state index contributed by atoms with van der Waals surface area (Å²) in [6.45, 7) is 6.64. The summed E-state index contributed by atoms with van der Waals surface area (Å²) in [5.74, 6) is 0.556. The zero-order valence-electron chi connectivity index (χ0n) is 20.5. The molecule has 0 radical (unpaired) electrons. The lowest BCUT2D eigenvalue weighted by atomic mass is 10.2. The number of aryl methyl sites for hydroxylation is 1. The lowest BCUT2D eigenvalue weighted by Crippen LogP contribution is -2.18. The summed E-state index contributed by atoms with van der Waals surface area (Å²) in [4.78, 5) is 12.7. The monoisotopic (exact) mass is 652 g/mol. The van der Waals surface area contributed by atoms with Gasteiger partial charge in [-0.25, -0.2) is 5.43 Å². The van der Waals surface area contributed by atoms with Gasteiger partial charge >= 0.3 is 10.1 Å². The van der Waals surface area contributed by atoms with Crippen LogP contribution in [0.1, 0.15) is 41.8 Å². The average molecular weight is 654 g/mol. The molecule has 11 heteroatoms. The molecule has 1 amide bonds. The van der Waals surface area contributed by atoms with Gasteiger partial charge in [-0.15, -0.1) is 0 Å². The van der Waals surface area contributed by atoms with Gasteiger partial charge in [0.15, 0.2) is 17.2 Å². The maximum absolute atomic E-state index is 12.9. The number of amides is 1. The van der Waals surface area contributed by atoms with Gasteiger partial charge in [0.25, 0.3) is 5.91 Å². The fraction of sp³-hybridized carbons (Fsp3) is 0.231. The van der Waals surface area contributed by atoms with Crippen molar-refractivity contribution in [3.8, 4) is 17.2 Å². The van der Waals surface area contributed by atoms with Gasteiger partial charge in [-0.2, -0.15) is 13.5 Å². The van der Waals surface area contributed by atoms with Crippen LogP contribution in [0.25, 0.3) is 0 Å². The van der Waals surface area contributed by atoms with Gasteiger partial charge in [-0.1, -0.05) is 40.5 Å². The minimum absolute atomic E-state index is 0.0144. The number of halogens is 2. The number of ether oxygens (including phenoxy) is 2. The van der Waals surface area contributed by atoms with E-state index in [1.165, 1.54) is 18.3 Å². The molecule has 3 aromatic rings. The summed E-state index contributed by atoms with van der Waals surface area (Å²) >= 11 is 6.72. The topological polar surface area (TPSA) is 103 Å². The third-order valence-corrected chi connectivity index (χ3v) is 7.16. The van der Waals surface area contributed by atoms with E-state index in [4.69, 9.17) is 13.7 Å². The second kappa shape index (κ2) is 13.1. The summed E-state index contributed by atoms with van der Waals surface area (Å²) in [7, 11) is -4.11. The number of hydrazone groups is 1. The molecular weight excluding hydrogens is 628 g/mol. The number of carbonyl (C=O) groups is 1. The van der Waals surface area contributed by atoms with Gasteiger partial charge < -0.3 is 13.7 Å². The van der Waals surface area contributed by atoms with E-state index >= 15 is 0 Å². The predicted molar refractivity (Wildman–Crippen MR) is 149 cm³/mol. The van der Waals surface area contributed by atoms with Gasteiger partial charge in [-0.05, 0) is 78.7 Å². The molecule has 0 bridgehead atoms. The van der Waals surface area contributed by atoms with Crippen molar-refractivity contribution in [2.45, 2.75) is 32.1 Å². The summed E-state index contributed by atoms with van der Waals surface area (Å²) in [6.07, 6.45) is 2.14. The largest absolute Gasteiger partial charge is 0.490 e. The number of hydrogen-bond donors (Lipinski definition) is 1. The predicted octanol–water partition coefficient (Wildman–Crippen LogP) is 6.24. The summed E-state index contributed by atoms with van der Waals surface area (Å²) in [5, 5.41) is 4.01. The van der Waals surface area contributed by atoms with Crippen LogP contribution in [0, 0.1) is 6.92 Å². The van der Waals surface area contributed by atoms with Gasteiger partial charge in [0.1, 0.15) is 4.90 Å². The van der Waals surface area contributed by atoms with E-state index in [-0.39, 0.29) is 10.6 Å². The zero-order valence-corrected chi connectivity index (χ0v) is 24.4. The van der Waals surface area contributed by atoms with Crippen molar-refractivity contribution in [1.29, 1.82) is 0 Å². The number of benzene rings is 3. The molecular formula is C26H26Br2N2O6S. The van der Waals surface area contributed by atoms with Crippen LogP contribution in [0.4, 0.5) is 0 Å². The Labute approximate surface area is 233 Å². The smallest absolute Gasteiger partial charge is 0.339 e. The fourth-order valence-corrected chi connectivity index (χ4v) is 5.52. The molecule has 196 valence electrons.